The maximum absolute atomic E-state index is 5.91. The van der Waals surface area contributed by atoms with E-state index in [1.807, 2.05) is 37.3 Å². The number of ether oxygens (including phenoxy) is 1. The van der Waals surface area contributed by atoms with Gasteiger partial charge in [0, 0.05) is 17.8 Å². The Balaban J connectivity index is 1.80. The van der Waals surface area contributed by atoms with Gasteiger partial charge in [0.15, 0.2) is 0 Å². The Morgan fingerprint density at radius 2 is 2.33 bits per heavy atom. The van der Waals surface area contributed by atoms with Crippen molar-refractivity contribution >= 4 is 5.70 Å². The second-order valence-electron chi connectivity index (χ2n) is 5.40. The van der Waals surface area contributed by atoms with Crippen LogP contribution in [0.1, 0.15) is 37.8 Å². The van der Waals surface area contributed by atoms with Crippen molar-refractivity contribution in [2.75, 3.05) is 13.1 Å². The zero-order valence-corrected chi connectivity index (χ0v) is 12.9. The van der Waals surface area contributed by atoms with Gasteiger partial charge in [-0.2, -0.15) is 0 Å². The van der Waals surface area contributed by atoms with Crippen LogP contribution in [0.5, 0.6) is 0 Å². The Labute approximate surface area is 127 Å². The Morgan fingerprint density at radius 3 is 3.05 bits per heavy atom. The Hall–Kier alpha value is -1.76. The summed E-state index contributed by atoms with van der Waals surface area (Å²) in [7, 11) is 0. The van der Waals surface area contributed by atoms with Crippen LogP contribution < -0.4 is 11.1 Å². The molecule has 1 aliphatic rings. The fourth-order valence-electron chi connectivity index (χ4n) is 2.42. The summed E-state index contributed by atoms with van der Waals surface area (Å²) < 4.78 is 5.75. The lowest BCUT2D eigenvalue weighted by atomic mass is 10.1. The van der Waals surface area contributed by atoms with Gasteiger partial charge >= 0.3 is 0 Å². The van der Waals surface area contributed by atoms with E-state index in [1.165, 1.54) is 0 Å². The largest absolute Gasteiger partial charge is 0.399 e. The maximum Gasteiger partial charge on any atom is 0.0704 e. The summed E-state index contributed by atoms with van der Waals surface area (Å²) in [5.74, 6) is 6.31. The van der Waals surface area contributed by atoms with Gasteiger partial charge in [-0.25, -0.2) is 0 Å². The Bertz CT molecular complexity index is 554. The molecule has 3 heteroatoms. The van der Waals surface area contributed by atoms with Crippen LogP contribution in [0.25, 0.3) is 5.70 Å². The highest BCUT2D eigenvalue weighted by Gasteiger charge is 2.20. The van der Waals surface area contributed by atoms with Crippen LogP contribution in [0, 0.1) is 11.8 Å². The molecule has 0 spiro atoms. The van der Waals surface area contributed by atoms with E-state index in [9.17, 15) is 0 Å². The minimum absolute atomic E-state index is 0.347. The molecule has 0 saturated carbocycles. The lowest BCUT2D eigenvalue weighted by Crippen LogP contribution is -2.27. The summed E-state index contributed by atoms with van der Waals surface area (Å²) >= 11 is 0. The zero-order valence-electron chi connectivity index (χ0n) is 12.9. The van der Waals surface area contributed by atoms with E-state index in [1.54, 1.807) is 0 Å². The summed E-state index contributed by atoms with van der Waals surface area (Å²) in [6.07, 6.45) is 4.96. The molecule has 1 saturated heterocycles. The topological polar surface area (TPSA) is 47.3 Å². The van der Waals surface area contributed by atoms with Gasteiger partial charge in [0.25, 0.3) is 0 Å². The van der Waals surface area contributed by atoms with Crippen molar-refractivity contribution in [3.05, 3.63) is 41.5 Å². The van der Waals surface area contributed by atoms with Crippen molar-refractivity contribution in [3.8, 4) is 11.8 Å². The first-order chi connectivity index (χ1) is 10.2. The number of rotatable bonds is 4. The third kappa shape index (κ3) is 4.93. The summed E-state index contributed by atoms with van der Waals surface area (Å²) in [6.45, 7) is 5.62. The molecule has 0 amide bonds. The molecule has 1 aliphatic heterocycles. The normalized spacial score (nSPS) is 21.9. The van der Waals surface area contributed by atoms with Crippen LogP contribution in [0.2, 0.25) is 0 Å². The molecule has 1 heterocycles. The molecule has 2 unspecified atom stereocenters. The van der Waals surface area contributed by atoms with Crippen molar-refractivity contribution in [1.29, 1.82) is 0 Å². The third-order valence-electron chi connectivity index (χ3n) is 3.64. The molecular weight excluding hydrogens is 260 g/mol. The first kappa shape index (κ1) is 15.6. The quantitative estimate of drug-likeness (QED) is 0.660. The summed E-state index contributed by atoms with van der Waals surface area (Å²) in [5.41, 5.74) is 8.70. The first-order valence-corrected chi connectivity index (χ1v) is 7.56. The molecule has 0 bridgehead atoms. The molecule has 1 aromatic rings. The second-order valence-corrected chi connectivity index (χ2v) is 5.40. The van der Waals surface area contributed by atoms with Crippen LogP contribution in [0.4, 0.5) is 0 Å². The van der Waals surface area contributed by atoms with E-state index in [-0.39, 0.29) is 0 Å². The van der Waals surface area contributed by atoms with Gasteiger partial charge in [-0.1, -0.05) is 30.0 Å². The number of nitrogens with two attached hydrogens (primary N) is 1. The fraction of sp³-hybridized carbons (Fsp3) is 0.444. The molecule has 112 valence electrons. The van der Waals surface area contributed by atoms with E-state index in [2.05, 4.69) is 24.1 Å². The van der Waals surface area contributed by atoms with Crippen LogP contribution >= 0.6 is 0 Å². The molecule has 0 aromatic heterocycles. The fourth-order valence-corrected chi connectivity index (χ4v) is 2.42. The third-order valence-corrected chi connectivity index (χ3v) is 3.64. The highest BCUT2D eigenvalue weighted by atomic mass is 16.5. The van der Waals surface area contributed by atoms with Gasteiger partial charge in [0.1, 0.15) is 0 Å². The van der Waals surface area contributed by atoms with Crippen molar-refractivity contribution in [2.24, 2.45) is 5.73 Å². The van der Waals surface area contributed by atoms with Gasteiger partial charge in [0.05, 0.1) is 18.8 Å². The van der Waals surface area contributed by atoms with E-state index >= 15 is 0 Å². The van der Waals surface area contributed by atoms with E-state index in [4.69, 9.17) is 10.5 Å². The minimum Gasteiger partial charge on any atom is -0.399 e. The number of hydrogen-bond acceptors (Lipinski definition) is 3. The Kier molecular flexibility index (Phi) is 5.86. The number of benzene rings is 1. The second kappa shape index (κ2) is 7.87. The number of allylic oxidation sites excluding steroid dienone is 1. The molecule has 3 nitrogen and oxygen atoms in total. The average molecular weight is 284 g/mol. The van der Waals surface area contributed by atoms with Gasteiger partial charge in [-0.3, -0.25) is 0 Å². The molecule has 2 rings (SSSR count). The molecule has 2 atom stereocenters. The molecule has 21 heavy (non-hydrogen) atoms. The van der Waals surface area contributed by atoms with Crippen LogP contribution in [-0.4, -0.2) is 25.3 Å². The van der Waals surface area contributed by atoms with E-state index in [0.29, 0.717) is 18.8 Å². The lowest BCUT2D eigenvalue weighted by Gasteiger charge is -2.10. The van der Waals surface area contributed by atoms with Gasteiger partial charge in [-0.15, -0.1) is 0 Å². The molecule has 0 radical (unpaired) electrons. The summed E-state index contributed by atoms with van der Waals surface area (Å²) in [5, 5.41) is 3.33. The van der Waals surface area contributed by atoms with Gasteiger partial charge in [-0.05, 0) is 44.4 Å². The summed E-state index contributed by atoms with van der Waals surface area (Å²) in [4.78, 5) is 0. The molecule has 0 aliphatic carbocycles. The van der Waals surface area contributed by atoms with Crippen LogP contribution in [0.3, 0.4) is 0 Å². The zero-order chi connectivity index (χ0) is 15.1. The highest BCUT2D eigenvalue weighted by Crippen LogP contribution is 2.17. The van der Waals surface area contributed by atoms with E-state index < -0.39 is 0 Å². The summed E-state index contributed by atoms with van der Waals surface area (Å²) in [6, 6.07) is 8.00. The molecular formula is C18H24N2O. The van der Waals surface area contributed by atoms with Crippen LogP contribution in [0.15, 0.2) is 30.3 Å². The van der Waals surface area contributed by atoms with Gasteiger partial charge < -0.3 is 15.8 Å². The van der Waals surface area contributed by atoms with Gasteiger partial charge in [0.2, 0.25) is 0 Å². The first-order valence-electron chi connectivity index (χ1n) is 7.56. The predicted octanol–water partition coefficient (Wildman–Crippen LogP) is 2.51. The number of hydrogen-bond donors (Lipinski definition) is 2. The molecule has 1 aromatic carbocycles. The van der Waals surface area contributed by atoms with Crippen molar-refractivity contribution in [2.45, 2.75) is 38.9 Å². The van der Waals surface area contributed by atoms with Crippen molar-refractivity contribution < 1.29 is 4.74 Å². The van der Waals surface area contributed by atoms with Crippen molar-refractivity contribution in [1.82, 2.24) is 5.32 Å². The molecule has 1 fully saturated rings. The smallest absolute Gasteiger partial charge is 0.0704 e. The SMILES string of the molecule is C/C=C(/N)c1cccc(C#CCNCC2CCC(C)O2)c1. The highest BCUT2D eigenvalue weighted by molar-refractivity contribution is 5.63. The lowest BCUT2D eigenvalue weighted by molar-refractivity contribution is 0.0567. The molecule has 3 N–H and O–H groups in total. The monoisotopic (exact) mass is 284 g/mol. The van der Waals surface area contributed by atoms with E-state index in [0.717, 1.165) is 36.2 Å². The Morgan fingerprint density at radius 1 is 1.48 bits per heavy atom. The average Bonchev–Trinajstić information content (AvgIpc) is 2.92. The standard InChI is InChI=1S/C18H24N2O/c1-3-18(19)16-8-4-6-15(12-16)7-5-11-20-13-17-10-9-14(2)21-17/h3-4,6,8,12,14,17,20H,9-11,13,19H2,1-2H3/b18-3+. The maximum atomic E-state index is 5.91. The van der Waals surface area contributed by atoms with Crippen LogP contribution in [-0.2, 0) is 4.74 Å². The van der Waals surface area contributed by atoms with Crippen molar-refractivity contribution in [3.63, 3.8) is 0 Å². The predicted molar refractivity (Wildman–Crippen MR) is 87.6 cm³/mol. The number of nitrogens with one attached hydrogen (secondary N) is 1. The minimum atomic E-state index is 0.347.